The molecular formula is C22H27N3O5. The Hall–Kier alpha value is -3.26. The van der Waals surface area contributed by atoms with Gasteiger partial charge in [-0.25, -0.2) is 4.99 Å². The van der Waals surface area contributed by atoms with Gasteiger partial charge in [-0.15, -0.1) is 0 Å². The number of nitrogens with one attached hydrogen (secondary N) is 2. The number of benzene rings is 2. The second-order valence-electron chi connectivity index (χ2n) is 6.71. The maximum Gasteiger partial charge on any atom is 0.258 e. The fraction of sp³-hybridized carbons (Fsp3) is 0.364. The van der Waals surface area contributed by atoms with E-state index in [0.717, 1.165) is 19.4 Å². The minimum atomic E-state index is -0.298. The van der Waals surface area contributed by atoms with Crippen molar-refractivity contribution in [2.45, 2.75) is 18.9 Å². The van der Waals surface area contributed by atoms with E-state index in [1.54, 1.807) is 57.7 Å². The zero-order valence-corrected chi connectivity index (χ0v) is 17.4. The summed E-state index contributed by atoms with van der Waals surface area (Å²) in [5, 5.41) is 5.99. The number of guanidine groups is 1. The molecule has 30 heavy (non-hydrogen) atoms. The minimum Gasteiger partial charge on any atom is -0.497 e. The Morgan fingerprint density at radius 1 is 1.10 bits per heavy atom. The van der Waals surface area contributed by atoms with E-state index in [2.05, 4.69) is 15.6 Å². The zero-order chi connectivity index (χ0) is 21.3. The normalized spacial score (nSPS) is 16.1. The molecule has 1 heterocycles. The molecule has 0 saturated carbocycles. The highest BCUT2D eigenvalue weighted by Gasteiger charge is 2.17. The predicted molar refractivity (Wildman–Crippen MR) is 115 cm³/mol. The van der Waals surface area contributed by atoms with E-state index in [1.165, 1.54) is 0 Å². The third kappa shape index (κ3) is 5.64. The fourth-order valence-corrected chi connectivity index (χ4v) is 3.09. The summed E-state index contributed by atoms with van der Waals surface area (Å²) < 4.78 is 21.5. The number of hydrogen-bond acceptors (Lipinski definition) is 6. The highest BCUT2D eigenvalue weighted by Crippen LogP contribution is 2.29. The van der Waals surface area contributed by atoms with Crippen LogP contribution in [0.5, 0.6) is 17.2 Å². The molecule has 0 unspecified atom stereocenters. The molecule has 1 aliphatic rings. The van der Waals surface area contributed by atoms with Crippen LogP contribution in [-0.2, 0) is 4.74 Å². The first kappa shape index (κ1) is 21.4. The molecule has 0 aliphatic carbocycles. The number of rotatable bonds is 7. The van der Waals surface area contributed by atoms with Crippen LogP contribution in [0.2, 0.25) is 0 Å². The SMILES string of the molecule is COc1cccc(C(=O)NC(=NC[C@@H]2CCCO2)Nc2ccc(OC)c(OC)c2)c1. The smallest absolute Gasteiger partial charge is 0.258 e. The monoisotopic (exact) mass is 413 g/mol. The van der Waals surface area contributed by atoms with E-state index in [-0.39, 0.29) is 12.0 Å². The molecular weight excluding hydrogens is 386 g/mol. The number of ether oxygens (including phenoxy) is 4. The maximum atomic E-state index is 12.8. The van der Waals surface area contributed by atoms with Gasteiger partial charge in [0.05, 0.1) is 34.0 Å². The summed E-state index contributed by atoms with van der Waals surface area (Å²) >= 11 is 0. The molecule has 1 amide bonds. The van der Waals surface area contributed by atoms with Gasteiger partial charge in [-0.2, -0.15) is 0 Å². The van der Waals surface area contributed by atoms with Crippen LogP contribution in [0.25, 0.3) is 0 Å². The summed E-state index contributed by atoms with van der Waals surface area (Å²) in [7, 11) is 4.70. The molecule has 2 aromatic carbocycles. The lowest BCUT2D eigenvalue weighted by Gasteiger charge is -2.15. The first-order valence-electron chi connectivity index (χ1n) is 9.73. The molecule has 1 aliphatic heterocycles. The summed E-state index contributed by atoms with van der Waals surface area (Å²) in [4.78, 5) is 17.3. The number of carbonyl (C=O) groups excluding carboxylic acids is 1. The van der Waals surface area contributed by atoms with Crippen LogP contribution in [-0.4, -0.2) is 52.5 Å². The Kier molecular flexibility index (Phi) is 7.51. The highest BCUT2D eigenvalue weighted by atomic mass is 16.5. The highest BCUT2D eigenvalue weighted by molar-refractivity contribution is 6.10. The number of nitrogens with zero attached hydrogens (tertiary/aromatic N) is 1. The molecule has 0 bridgehead atoms. The van der Waals surface area contributed by atoms with Crippen LogP contribution < -0.4 is 24.8 Å². The molecule has 2 aromatic rings. The number of hydrogen-bond donors (Lipinski definition) is 2. The lowest BCUT2D eigenvalue weighted by Crippen LogP contribution is -2.36. The van der Waals surface area contributed by atoms with E-state index in [1.807, 2.05) is 6.07 Å². The molecule has 1 saturated heterocycles. The van der Waals surface area contributed by atoms with Crippen LogP contribution in [0, 0.1) is 0 Å². The van der Waals surface area contributed by atoms with Crippen molar-refractivity contribution in [3.63, 3.8) is 0 Å². The summed E-state index contributed by atoms with van der Waals surface area (Å²) in [5.74, 6) is 1.81. The molecule has 1 fully saturated rings. The van der Waals surface area contributed by atoms with Crippen molar-refractivity contribution < 1.29 is 23.7 Å². The quantitative estimate of drug-likeness (QED) is 0.536. The lowest BCUT2D eigenvalue weighted by molar-refractivity contribution is 0.0975. The Balaban J connectivity index is 1.79. The van der Waals surface area contributed by atoms with Crippen molar-refractivity contribution in [3.8, 4) is 17.2 Å². The van der Waals surface area contributed by atoms with Gasteiger partial charge in [0.15, 0.2) is 11.5 Å². The topological polar surface area (TPSA) is 90.4 Å². The van der Waals surface area contributed by atoms with Gasteiger partial charge < -0.3 is 24.3 Å². The van der Waals surface area contributed by atoms with E-state index in [4.69, 9.17) is 18.9 Å². The van der Waals surface area contributed by atoms with Crippen LogP contribution in [0.3, 0.4) is 0 Å². The van der Waals surface area contributed by atoms with Crippen molar-refractivity contribution in [3.05, 3.63) is 48.0 Å². The van der Waals surface area contributed by atoms with Crippen LogP contribution >= 0.6 is 0 Å². The van der Waals surface area contributed by atoms with Crippen molar-refractivity contribution in [2.75, 3.05) is 39.8 Å². The van der Waals surface area contributed by atoms with Crippen LogP contribution in [0.4, 0.5) is 5.69 Å². The molecule has 0 radical (unpaired) electrons. The first-order chi connectivity index (χ1) is 14.6. The summed E-state index contributed by atoms with van der Waals surface area (Å²) in [6.07, 6.45) is 2.03. The van der Waals surface area contributed by atoms with Crippen molar-refractivity contribution in [1.82, 2.24) is 5.32 Å². The minimum absolute atomic E-state index is 0.0564. The number of carbonyl (C=O) groups is 1. The Morgan fingerprint density at radius 3 is 2.63 bits per heavy atom. The van der Waals surface area contributed by atoms with Gasteiger partial charge in [-0.3, -0.25) is 10.1 Å². The van der Waals surface area contributed by atoms with Crippen LogP contribution in [0.15, 0.2) is 47.5 Å². The molecule has 0 spiro atoms. The van der Waals surface area contributed by atoms with Gasteiger partial charge in [0, 0.05) is 23.9 Å². The second-order valence-corrected chi connectivity index (χ2v) is 6.71. The number of anilines is 1. The van der Waals surface area contributed by atoms with E-state index < -0.39 is 0 Å². The molecule has 2 N–H and O–H groups in total. The van der Waals surface area contributed by atoms with Gasteiger partial charge >= 0.3 is 0 Å². The summed E-state index contributed by atoms with van der Waals surface area (Å²) in [5.41, 5.74) is 1.16. The zero-order valence-electron chi connectivity index (χ0n) is 17.4. The lowest BCUT2D eigenvalue weighted by atomic mass is 10.2. The third-order valence-corrected chi connectivity index (χ3v) is 4.69. The van der Waals surface area contributed by atoms with E-state index >= 15 is 0 Å². The second kappa shape index (κ2) is 10.5. The number of methoxy groups -OCH3 is 3. The first-order valence-corrected chi connectivity index (χ1v) is 9.73. The number of aliphatic imine (C=N–C) groups is 1. The maximum absolute atomic E-state index is 12.8. The third-order valence-electron chi connectivity index (χ3n) is 4.69. The van der Waals surface area contributed by atoms with Gasteiger partial charge in [0.2, 0.25) is 5.96 Å². The Morgan fingerprint density at radius 2 is 1.93 bits per heavy atom. The molecule has 8 heteroatoms. The van der Waals surface area contributed by atoms with Gasteiger partial charge in [0.1, 0.15) is 5.75 Å². The number of amides is 1. The van der Waals surface area contributed by atoms with Crippen molar-refractivity contribution in [2.24, 2.45) is 4.99 Å². The molecule has 160 valence electrons. The summed E-state index contributed by atoms with van der Waals surface area (Å²) in [6.45, 7) is 1.20. The standard InChI is InChI=1S/C22H27N3O5/c1-27-17-7-4-6-15(12-17)21(26)25-22(23-14-18-8-5-11-30-18)24-16-9-10-19(28-2)20(13-16)29-3/h4,6-7,9-10,12-13,18H,5,8,11,14H2,1-3H3,(H2,23,24,25,26)/t18-/m0/s1. The summed E-state index contributed by atoms with van der Waals surface area (Å²) in [6, 6.07) is 12.3. The molecule has 3 rings (SSSR count). The Labute approximate surface area is 176 Å². The van der Waals surface area contributed by atoms with Gasteiger partial charge in [-0.05, 0) is 43.2 Å². The van der Waals surface area contributed by atoms with Gasteiger partial charge in [-0.1, -0.05) is 6.07 Å². The van der Waals surface area contributed by atoms with E-state index in [0.29, 0.717) is 41.0 Å². The van der Waals surface area contributed by atoms with Gasteiger partial charge in [0.25, 0.3) is 5.91 Å². The molecule has 1 atom stereocenters. The van der Waals surface area contributed by atoms with Crippen molar-refractivity contribution >= 4 is 17.6 Å². The van der Waals surface area contributed by atoms with Crippen LogP contribution in [0.1, 0.15) is 23.2 Å². The molecule has 0 aromatic heterocycles. The molecule has 8 nitrogen and oxygen atoms in total. The average Bonchev–Trinajstić information content (AvgIpc) is 3.31. The average molecular weight is 413 g/mol. The largest absolute Gasteiger partial charge is 0.497 e. The fourth-order valence-electron chi connectivity index (χ4n) is 3.09. The van der Waals surface area contributed by atoms with E-state index in [9.17, 15) is 4.79 Å². The predicted octanol–water partition coefficient (Wildman–Crippen LogP) is 3.09. The van der Waals surface area contributed by atoms with Crippen molar-refractivity contribution in [1.29, 1.82) is 0 Å². The Bertz CT molecular complexity index is 894.